The van der Waals surface area contributed by atoms with Crippen molar-refractivity contribution in [1.82, 2.24) is 19.5 Å². The number of nitrogens with two attached hydrogens (primary N) is 2. The predicted molar refractivity (Wildman–Crippen MR) is 80.0 cm³/mol. The minimum Gasteiger partial charge on any atom is -0.382 e. The van der Waals surface area contributed by atoms with Crippen LogP contribution in [0.2, 0.25) is 0 Å². The average Bonchev–Trinajstić information content (AvgIpc) is 2.74. The Morgan fingerprint density at radius 2 is 1.63 bits per heavy atom. The van der Waals surface area contributed by atoms with Gasteiger partial charge in [0.25, 0.3) is 0 Å². The number of fused-ring (bicyclic) bond motifs is 1. The summed E-state index contributed by atoms with van der Waals surface area (Å²) in [6.45, 7) is 0. The summed E-state index contributed by atoms with van der Waals surface area (Å²) >= 11 is 0. The lowest BCUT2D eigenvalue weighted by molar-refractivity contribution is 1.06. The van der Waals surface area contributed by atoms with Crippen molar-refractivity contribution in [2.45, 2.75) is 0 Å². The van der Waals surface area contributed by atoms with Crippen LogP contribution in [0.5, 0.6) is 0 Å². The maximum Gasteiger partial charge on any atom is 0.224 e. The highest BCUT2D eigenvalue weighted by atomic mass is 35.5. The van der Waals surface area contributed by atoms with E-state index >= 15 is 0 Å². The van der Waals surface area contributed by atoms with E-state index in [2.05, 4.69) is 15.0 Å². The third-order valence-electron chi connectivity index (χ3n) is 2.47. The van der Waals surface area contributed by atoms with Gasteiger partial charge < -0.3 is 11.5 Å². The maximum atomic E-state index is 5.74. The van der Waals surface area contributed by atoms with Gasteiger partial charge in [-0.3, -0.25) is 4.57 Å². The van der Waals surface area contributed by atoms with Crippen molar-refractivity contribution in [3.63, 3.8) is 0 Å². The van der Waals surface area contributed by atoms with E-state index in [0.717, 1.165) is 5.69 Å². The first-order valence-corrected chi connectivity index (χ1v) is 5.07. The molecule has 4 N–H and O–H groups in total. The van der Waals surface area contributed by atoms with Crippen LogP contribution in [0.25, 0.3) is 16.9 Å². The number of benzene rings is 1. The third kappa shape index (κ3) is 2.54. The first-order valence-electron chi connectivity index (χ1n) is 5.07. The summed E-state index contributed by atoms with van der Waals surface area (Å²) in [4.78, 5) is 12.2. The minimum atomic E-state index is 0. The lowest BCUT2D eigenvalue weighted by Gasteiger charge is -2.03. The molecule has 3 rings (SSSR count). The number of imidazole rings is 1. The van der Waals surface area contributed by atoms with Gasteiger partial charge in [0.2, 0.25) is 5.95 Å². The van der Waals surface area contributed by atoms with E-state index in [4.69, 9.17) is 11.5 Å². The van der Waals surface area contributed by atoms with Crippen molar-refractivity contribution >= 4 is 47.7 Å². The van der Waals surface area contributed by atoms with Gasteiger partial charge in [-0.15, -0.1) is 24.8 Å². The molecule has 19 heavy (non-hydrogen) atoms. The molecule has 3 aromatic rings. The molecular weight excluding hydrogens is 287 g/mol. The number of anilines is 2. The van der Waals surface area contributed by atoms with Crippen LogP contribution in [-0.4, -0.2) is 19.5 Å². The second-order valence-electron chi connectivity index (χ2n) is 3.59. The molecule has 0 fully saturated rings. The molecular formula is C11H12Cl2N6. The zero-order valence-corrected chi connectivity index (χ0v) is 11.4. The number of aromatic nitrogens is 4. The van der Waals surface area contributed by atoms with Crippen molar-refractivity contribution in [2.24, 2.45) is 0 Å². The van der Waals surface area contributed by atoms with Gasteiger partial charge in [0.1, 0.15) is 6.33 Å². The number of halogens is 2. The van der Waals surface area contributed by atoms with Crippen LogP contribution in [0.15, 0.2) is 36.7 Å². The molecule has 6 nitrogen and oxygen atoms in total. The summed E-state index contributed by atoms with van der Waals surface area (Å²) in [6, 6.07) is 9.73. The van der Waals surface area contributed by atoms with Crippen molar-refractivity contribution in [2.75, 3.05) is 11.5 Å². The molecule has 0 saturated carbocycles. The third-order valence-corrected chi connectivity index (χ3v) is 2.47. The molecule has 0 aliphatic heterocycles. The van der Waals surface area contributed by atoms with Crippen molar-refractivity contribution < 1.29 is 0 Å². The highest BCUT2D eigenvalue weighted by Crippen LogP contribution is 2.20. The van der Waals surface area contributed by atoms with Gasteiger partial charge in [0.05, 0.1) is 0 Å². The zero-order chi connectivity index (χ0) is 11.8. The Labute approximate surface area is 121 Å². The molecule has 0 saturated heterocycles. The normalized spacial score (nSPS) is 9.68. The van der Waals surface area contributed by atoms with Crippen molar-refractivity contribution in [3.8, 4) is 5.69 Å². The molecule has 0 aliphatic carbocycles. The standard InChI is InChI=1S/C11H10N6.2ClH/c12-9-8-10(16-11(13)15-9)17(6-14-8)7-4-2-1-3-5-7;;/h1-6H,(H4,12,13,15,16);2*1H. The first-order chi connectivity index (χ1) is 8.25. The SMILES string of the molecule is Cl.Cl.Nc1nc(N)c2ncn(-c3ccccc3)c2n1. The second kappa shape index (κ2) is 5.73. The van der Waals surface area contributed by atoms with E-state index in [9.17, 15) is 0 Å². The average molecular weight is 299 g/mol. The number of rotatable bonds is 1. The summed E-state index contributed by atoms with van der Waals surface area (Å²) in [5.41, 5.74) is 13.5. The zero-order valence-electron chi connectivity index (χ0n) is 9.72. The Balaban J connectivity index is 0.000000902. The molecule has 0 atom stereocenters. The highest BCUT2D eigenvalue weighted by Gasteiger charge is 2.10. The number of hydrogen-bond donors (Lipinski definition) is 2. The van der Waals surface area contributed by atoms with Crippen molar-refractivity contribution in [3.05, 3.63) is 36.7 Å². The van der Waals surface area contributed by atoms with Gasteiger partial charge in [0.15, 0.2) is 17.0 Å². The molecule has 1 aromatic carbocycles. The largest absolute Gasteiger partial charge is 0.382 e. The molecule has 0 bridgehead atoms. The number of nitrogen functional groups attached to an aromatic ring is 2. The molecule has 0 aliphatic rings. The van der Waals surface area contributed by atoms with Gasteiger partial charge in [-0.2, -0.15) is 9.97 Å². The molecule has 0 radical (unpaired) electrons. The second-order valence-corrected chi connectivity index (χ2v) is 3.59. The van der Waals surface area contributed by atoms with Gasteiger partial charge in [-0.25, -0.2) is 4.98 Å². The fourth-order valence-corrected chi connectivity index (χ4v) is 1.72. The Bertz CT molecular complexity index is 682. The molecule has 2 heterocycles. The summed E-state index contributed by atoms with van der Waals surface area (Å²) in [6.07, 6.45) is 1.66. The lowest BCUT2D eigenvalue weighted by Crippen LogP contribution is -2.02. The number of nitrogens with zero attached hydrogens (tertiary/aromatic N) is 4. The van der Waals surface area contributed by atoms with E-state index in [1.54, 1.807) is 6.33 Å². The summed E-state index contributed by atoms with van der Waals surface area (Å²) < 4.78 is 1.82. The van der Waals surface area contributed by atoms with Gasteiger partial charge >= 0.3 is 0 Å². The van der Waals surface area contributed by atoms with Crippen LogP contribution in [0.4, 0.5) is 11.8 Å². The van der Waals surface area contributed by atoms with Crippen LogP contribution >= 0.6 is 24.8 Å². The Kier molecular flexibility index (Phi) is 4.52. The number of hydrogen-bond acceptors (Lipinski definition) is 5. The molecule has 0 spiro atoms. The molecule has 0 unspecified atom stereocenters. The van der Waals surface area contributed by atoms with Crippen LogP contribution in [-0.2, 0) is 0 Å². The highest BCUT2D eigenvalue weighted by molar-refractivity contribution is 5.85. The minimum absolute atomic E-state index is 0. The monoisotopic (exact) mass is 298 g/mol. The fraction of sp³-hybridized carbons (Fsp3) is 0. The Morgan fingerprint density at radius 3 is 2.32 bits per heavy atom. The predicted octanol–water partition coefficient (Wildman–Crippen LogP) is 1.82. The molecule has 8 heteroatoms. The van der Waals surface area contributed by atoms with Gasteiger partial charge in [-0.1, -0.05) is 18.2 Å². The van der Waals surface area contributed by atoms with Gasteiger partial charge in [-0.05, 0) is 12.1 Å². The van der Waals surface area contributed by atoms with Crippen molar-refractivity contribution in [1.29, 1.82) is 0 Å². The summed E-state index contributed by atoms with van der Waals surface area (Å²) in [5.74, 6) is 0.440. The van der Waals surface area contributed by atoms with E-state index in [1.807, 2.05) is 34.9 Å². The summed E-state index contributed by atoms with van der Waals surface area (Å²) in [5, 5.41) is 0. The summed E-state index contributed by atoms with van der Waals surface area (Å²) in [7, 11) is 0. The quantitative estimate of drug-likeness (QED) is 0.714. The maximum absolute atomic E-state index is 5.74. The van der Waals surface area contributed by atoms with Gasteiger partial charge in [0, 0.05) is 5.69 Å². The van der Waals surface area contributed by atoms with E-state index in [0.29, 0.717) is 17.0 Å². The molecule has 100 valence electrons. The first kappa shape index (κ1) is 15.0. The van der Waals surface area contributed by atoms with E-state index in [1.165, 1.54) is 0 Å². The van der Waals surface area contributed by atoms with Crippen LogP contribution in [0.3, 0.4) is 0 Å². The van der Waals surface area contributed by atoms with E-state index < -0.39 is 0 Å². The Hall–Kier alpha value is -2.05. The number of para-hydroxylation sites is 1. The fourth-order valence-electron chi connectivity index (χ4n) is 1.72. The lowest BCUT2D eigenvalue weighted by atomic mass is 10.3. The Morgan fingerprint density at radius 1 is 0.947 bits per heavy atom. The van der Waals surface area contributed by atoms with Crippen LogP contribution in [0, 0.1) is 0 Å². The van der Waals surface area contributed by atoms with E-state index in [-0.39, 0.29) is 30.8 Å². The molecule has 2 aromatic heterocycles. The van der Waals surface area contributed by atoms with Crippen LogP contribution in [0.1, 0.15) is 0 Å². The van der Waals surface area contributed by atoms with Crippen LogP contribution < -0.4 is 11.5 Å². The molecule has 0 amide bonds. The topological polar surface area (TPSA) is 95.6 Å². The smallest absolute Gasteiger partial charge is 0.224 e.